The lowest BCUT2D eigenvalue weighted by Gasteiger charge is -2.18. The smallest absolute Gasteiger partial charge is 0.112 e. The first kappa shape index (κ1) is 12.6. The van der Waals surface area contributed by atoms with Crippen molar-refractivity contribution in [2.24, 2.45) is 0 Å². The zero-order valence-corrected chi connectivity index (χ0v) is 11.2. The SMILES string of the molecule is C[NH+](C)Cc1ccccc1[C@@H]1CCCCC[NH2+]1. The average molecular weight is 234 g/mol. The predicted molar refractivity (Wildman–Crippen MR) is 71.0 cm³/mol. The van der Waals surface area contributed by atoms with Gasteiger partial charge in [-0.05, 0) is 19.3 Å². The van der Waals surface area contributed by atoms with Gasteiger partial charge >= 0.3 is 0 Å². The molecule has 0 unspecified atom stereocenters. The van der Waals surface area contributed by atoms with Crippen molar-refractivity contribution >= 4 is 0 Å². The zero-order valence-electron chi connectivity index (χ0n) is 11.2. The van der Waals surface area contributed by atoms with E-state index in [9.17, 15) is 0 Å². The van der Waals surface area contributed by atoms with Crippen molar-refractivity contribution in [1.82, 2.24) is 0 Å². The maximum atomic E-state index is 2.55. The van der Waals surface area contributed by atoms with Gasteiger partial charge in [-0.2, -0.15) is 0 Å². The molecule has 1 aromatic rings. The number of nitrogens with one attached hydrogen (secondary N) is 1. The van der Waals surface area contributed by atoms with Gasteiger partial charge in [0.05, 0.1) is 20.6 Å². The number of nitrogens with two attached hydrogens (primary N) is 1. The number of hydrogen-bond donors (Lipinski definition) is 2. The van der Waals surface area contributed by atoms with Crippen LogP contribution in [-0.2, 0) is 6.54 Å². The van der Waals surface area contributed by atoms with E-state index >= 15 is 0 Å². The molecule has 17 heavy (non-hydrogen) atoms. The predicted octanol–water partition coefficient (Wildman–Crippen LogP) is 0.510. The van der Waals surface area contributed by atoms with Gasteiger partial charge in [-0.25, -0.2) is 0 Å². The van der Waals surface area contributed by atoms with Crippen LogP contribution in [0.5, 0.6) is 0 Å². The molecule has 0 spiro atoms. The fraction of sp³-hybridized carbons (Fsp3) is 0.600. The van der Waals surface area contributed by atoms with Crippen LogP contribution in [0.15, 0.2) is 24.3 Å². The summed E-state index contributed by atoms with van der Waals surface area (Å²) in [5.41, 5.74) is 3.12. The fourth-order valence-corrected chi connectivity index (χ4v) is 2.84. The first-order chi connectivity index (χ1) is 8.27. The van der Waals surface area contributed by atoms with Crippen LogP contribution in [0.1, 0.15) is 42.9 Å². The highest BCUT2D eigenvalue weighted by molar-refractivity contribution is 5.28. The number of hydrogen-bond acceptors (Lipinski definition) is 0. The van der Waals surface area contributed by atoms with E-state index in [0.717, 1.165) is 6.54 Å². The minimum atomic E-state index is 0.702. The molecule has 0 aliphatic carbocycles. The molecular formula is C15H26N2+2. The molecule has 1 fully saturated rings. The molecule has 0 saturated carbocycles. The van der Waals surface area contributed by atoms with E-state index < -0.39 is 0 Å². The second-order valence-corrected chi connectivity index (χ2v) is 5.56. The van der Waals surface area contributed by atoms with Crippen molar-refractivity contribution in [2.45, 2.75) is 38.3 Å². The van der Waals surface area contributed by atoms with Gasteiger partial charge in [-0.3, -0.25) is 0 Å². The van der Waals surface area contributed by atoms with Crippen LogP contribution < -0.4 is 10.2 Å². The highest BCUT2D eigenvalue weighted by Gasteiger charge is 2.20. The maximum Gasteiger partial charge on any atom is 0.112 e. The highest BCUT2D eigenvalue weighted by Crippen LogP contribution is 2.21. The summed E-state index contributed by atoms with van der Waals surface area (Å²) in [7, 11) is 4.46. The molecule has 1 aromatic carbocycles. The molecule has 0 aromatic heterocycles. The van der Waals surface area contributed by atoms with Crippen molar-refractivity contribution in [1.29, 1.82) is 0 Å². The van der Waals surface area contributed by atoms with Crippen molar-refractivity contribution < 1.29 is 10.2 Å². The molecule has 0 bridgehead atoms. The summed E-state index contributed by atoms with van der Waals surface area (Å²) in [5, 5.41) is 2.55. The molecular weight excluding hydrogens is 208 g/mol. The van der Waals surface area contributed by atoms with Crippen molar-refractivity contribution in [3.8, 4) is 0 Å². The van der Waals surface area contributed by atoms with Crippen LogP contribution in [0, 0.1) is 0 Å². The van der Waals surface area contributed by atoms with Crippen LogP contribution in [0.4, 0.5) is 0 Å². The molecule has 2 heteroatoms. The van der Waals surface area contributed by atoms with Gasteiger partial charge in [0, 0.05) is 17.5 Å². The Balaban J connectivity index is 2.17. The first-order valence-corrected chi connectivity index (χ1v) is 6.97. The molecule has 0 radical (unpaired) electrons. The van der Waals surface area contributed by atoms with Crippen LogP contribution in [-0.4, -0.2) is 20.6 Å². The molecule has 1 saturated heterocycles. The van der Waals surface area contributed by atoms with Crippen LogP contribution in [0.3, 0.4) is 0 Å². The van der Waals surface area contributed by atoms with E-state index in [1.807, 2.05) is 0 Å². The lowest BCUT2D eigenvalue weighted by molar-refractivity contribution is -0.872. The Morgan fingerprint density at radius 3 is 2.82 bits per heavy atom. The summed E-state index contributed by atoms with van der Waals surface area (Å²) in [6.07, 6.45) is 5.54. The van der Waals surface area contributed by atoms with Gasteiger partial charge in [0.1, 0.15) is 12.6 Å². The third-order valence-electron chi connectivity index (χ3n) is 3.67. The van der Waals surface area contributed by atoms with Gasteiger partial charge in [0.15, 0.2) is 0 Å². The molecule has 1 aliphatic rings. The maximum absolute atomic E-state index is 2.55. The normalized spacial score (nSPS) is 21.5. The third-order valence-corrected chi connectivity index (χ3v) is 3.67. The summed E-state index contributed by atoms with van der Waals surface area (Å²) in [5.74, 6) is 0. The Kier molecular flexibility index (Phi) is 4.57. The Morgan fingerprint density at radius 1 is 1.18 bits per heavy atom. The van der Waals surface area contributed by atoms with Crippen LogP contribution >= 0.6 is 0 Å². The first-order valence-electron chi connectivity index (χ1n) is 6.97. The van der Waals surface area contributed by atoms with Gasteiger partial charge in [-0.15, -0.1) is 0 Å². The van der Waals surface area contributed by atoms with E-state index in [2.05, 4.69) is 43.7 Å². The quantitative estimate of drug-likeness (QED) is 0.760. The second kappa shape index (κ2) is 6.18. The molecule has 3 N–H and O–H groups in total. The topological polar surface area (TPSA) is 21.1 Å². The fourth-order valence-electron chi connectivity index (χ4n) is 2.84. The van der Waals surface area contributed by atoms with Crippen molar-refractivity contribution in [3.63, 3.8) is 0 Å². The van der Waals surface area contributed by atoms with Gasteiger partial charge in [0.25, 0.3) is 0 Å². The molecule has 1 atom stereocenters. The number of benzene rings is 1. The standard InChI is InChI=1S/C15H24N2/c1-17(2)12-13-8-5-6-9-14(13)15-10-4-3-7-11-16-15/h5-6,8-9,15-16H,3-4,7,10-12H2,1-2H3/p+2/t15-/m0/s1. The molecule has 2 rings (SSSR count). The minimum absolute atomic E-state index is 0.702. The van der Waals surface area contributed by atoms with Crippen molar-refractivity contribution in [3.05, 3.63) is 35.4 Å². The van der Waals surface area contributed by atoms with E-state index in [4.69, 9.17) is 0 Å². The zero-order chi connectivity index (χ0) is 12.1. The number of quaternary nitrogens is 2. The monoisotopic (exact) mass is 234 g/mol. The van der Waals surface area contributed by atoms with Gasteiger partial charge in [-0.1, -0.05) is 24.3 Å². The summed E-state index contributed by atoms with van der Waals surface area (Å²) in [6.45, 7) is 2.44. The Morgan fingerprint density at radius 2 is 2.00 bits per heavy atom. The van der Waals surface area contributed by atoms with Crippen molar-refractivity contribution in [2.75, 3.05) is 20.6 Å². The average Bonchev–Trinajstić information content (AvgIpc) is 2.57. The Bertz CT molecular complexity index is 339. The largest absolute Gasteiger partial charge is 0.340 e. The third kappa shape index (κ3) is 3.55. The Hall–Kier alpha value is -0.860. The Labute approximate surface area is 105 Å². The van der Waals surface area contributed by atoms with Crippen LogP contribution in [0.25, 0.3) is 0 Å². The summed E-state index contributed by atoms with van der Waals surface area (Å²) >= 11 is 0. The summed E-state index contributed by atoms with van der Waals surface area (Å²) < 4.78 is 0. The summed E-state index contributed by atoms with van der Waals surface area (Å²) in [6, 6.07) is 9.72. The molecule has 94 valence electrons. The summed E-state index contributed by atoms with van der Waals surface area (Å²) in [4.78, 5) is 1.51. The van der Waals surface area contributed by atoms with E-state index in [0.29, 0.717) is 6.04 Å². The van der Waals surface area contributed by atoms with E-state index in [1.165, 1.54) is 42.7 Å². The highest BCUT2D eigenvalue weighted by atomic mass is 15.0. The lowest BCUT2D eigenvalue weighted by atomic mass is 9.96. The lowest BCUT2D eigenvalue weighted by Crippen LogP contribution is -3.04. The van der Waals surface area contributed by atoms with Crippen LogP contribution in [0.2, 0.25) is 0 Å². The number of rotatable bonds is 3. The molecule has 0 amide bonds. The molecule has 1 aliphatic heterocycles. The second-order valence-electron chi connectivity index (χ2n) is 5.56. The van der Waals surface area contributed by atoms with E-state index in [1.54, 1.807) is 5.56 Å². The molecule has 2 nitrogen and oxygen atoms in total. The van der Waals surface area contributed by atoms with Gasteiger partial charge in [0.2, 0.25) is 0 Å². The minimum Gasteiger partial charge on any atom is -0.340 e. The van der Waals surface area contributed by atoms with E-state index in [-0.39, 0.29) is 0 Å². The molecule has 1 heterocycles. The van der Waals surface area contributed by atoms with Gasteiger partial charge < -0.3 is 10.2 Å².